The van der Waals surface area contributed by atoms with Crippen LogP contribution in [0.5, 0.6) is 0 Å². The van der Waals surface area contributed by atoms with Crippen LogP contribution >= 0.6 is 27.3 Å². The van der Waals surface area contributed by atoms with Gasteiger partial charge in [0.25, 0.3) is 0 Å². The number of hydrogen-bond donors (Lipinski definition) is 1. The highest BCUT2D eigenvalue weighted by molar-refractivity contribution is 9.10. The quantitative estimate of drug-likeness (QED) is 0.944. The zero-order chi connectivity index (χ0) is 12.6. The van der Waals surface area contributed by atoms with Gasteiger partial charge in [-0.1, -0.05) is 0 Å². The molecule has 90 valence electrons. The Hall–Kier alpha value is -1.21. The predicted molar refractivity (Wildman–Crippen MR) is 67.7 cm³/mol. The third kappa shape index (κ3) is 2.39. The van der Waals surface area contributed by atoms with E-state index < -0.39 is 5.97 Å². The molecule has 2 heterocycles. The number of nitrogens with zero attached hydrogens (tertiary/aromatic N) is 3. The second-order valence-electron chi connectivity index (χ2n) is 3.58. The van der Waals surface area contributed by atoms with Crippen molar-refractivity contribution >= 4 is 33.2 Å². The first kappa shape index (κ1) is 12.3. The van der Waals surface area contributed by atoms with Gasteiger partial charge in [-0.25, -0.2) is 9.67 Å². The maximum Gasteiger partial charge on any atom is 0.307 e. The number of aryl methyl sites for hydroxylation is 1. The van der Waals surface area contributed by atoms with Gasteiger partial charge < -0.3 is 5.11 Å². The summed E-state index contributed by atoms with van der Waals surface area (Å²) in [7, 11) is 0. The lowest BCUT2D eigenvalue weighted by molar-refractivity contribution is -0.136. The molecular weight excluding hydrogens is 306 g/mol. The smallest absolute Gasteiger partial charge is 0.307 e. The van der Waals surface area contributed by atoms with E-state index in [1.807, 2.05) is 19.2 Å². The zero-order valence-corrected chi connectivity index (χ0v) is 11.7. The maximum atomic E-state index is 10.8. The molecule has 5 nitrogen and oxygen atoms in total. The second-order valence-corrected chi connectivity index (χ2v) is 5.23. The molecule has 0 aliphatic carbocycles. The summed E-state index contributed by atoms with van der Waals surface area (Å²) in [5.74, 6) is -0.851. The Morgan fingerprint density at radius 1 is 1.59 bits per heavy atom. The lowest BCUT2D eigenvalue weighted by Crippen LogP contribution is -2.03. The van der Waals surface area contributed by atoms with Crippen LogP contribution in [0.4, 0.5) is 0 Å². The average Bonchev–Trinajstić information content (AvgIpc) is 2.76. The number of halogens is 1. The van der Waals surface area contributed by atoms with Crippen LogP contribution in [0.2, 0.25) is 0 Å². The Kier molecular flexibility index (Phi) is 3.30. The SMILES string of the molecule is Cc1nn(-c2nc(Br)cs2)c(C)c1CC(=O)O. The van der Waals surface area contributed by atoms with Crippen molar-refractivity contribution in [3.63, 3.8) is 0 Å². The van der Waals surface area contributed by atoms with Crippen LogP contribution in [0.15, 0.2) is 9.98 Å². The molecule has 2 rings (SSSR count). The molecule has 0 aliphatic heterocycles. The molecule has 2 aromatic heterocycles. The molecule has 0 radical (unpaired) electrons. The molecule has 0 spiro atoms. The monoisotopic (exact) mass is 315 g/mol. The highest BCUT2D eigenvalue weighted by Gasteiger charge is 2.16. The van der Waals surface area contributed by atoms with Crippen LogP contribution in [-0.4, -0.2) is 25.8 Å². The Labute approximate surface area is 110 Å². The van der Waals surface area contributed by atoms with Gasteiger partial charge in [-0.05, 0) is 29.8 Å². The second kappa shape index (κ2) is 4.58. The van der Waals surface area contributed by atoms with Gasteiger partial charge in [0.1, 0.15) is 4.60 Å². The fraction of sp³-hybridized carbons (Fsp3) is 0.300. The molecule has 7 heteroatoms. The molecule has 2 aromatic rings. The van der Waals surface area contributed by atoms with Gasteiger partial charge in [0.05, 0.1) is 12.1 Å². The van der Waals surface area contributed by atoms with Gasteiger partial charge in [0.15, 0.2) is 0 Å². The van der Waals surface area contributed by atoms with E-state index in [2.05, 4.69) is 26.0 Å². The highest BCUT2D eigenvalue weighted by Crippen LogP contribution is 2.23. The minimum Gasteiger partial charge on any atom is -0.481 e. The minimum absolute atomic E-state index is 0.00971. The Balaban J connectivity index is 2.47. The molecule has 0 aromatic carbocycles. The first-order chi connectivity index (χ1) is 7.99. The van der Waals surface area contributed by atoms with E-state index in [1.54, 1.807) is 4.68 Å². The predicted octanol–water partition coefficient (Wildman–Crippen LogP) is 2.34. The number of carboxylic acids is 1. The number of aliphatic carboxylic acids is 1. The van der Waals surface area contributed by atoms with Crippen molar-refractivity contribution in [2.75, 3.05) is 0 Å². The number of hydrogen-bond acceptors (Lipinski definition) is 4. The van der Waals surface area contributed by atoms with Gasteiger partial charge in [-0.2, -0.15) is 5.10 Å². The van der Waals surface area contributed by atoms with Gasteiger partial charge in [-0.15, -0.1) is 11.3 Å². The molecule has 0 bridgehead atoms. The fourth-order valence-corrected chi connectivity index (χ4v) is 2.86. The molecular formula is C10H10BrN3O2S. The van der Waals surface area contributed by atoms with Gasteiger partial charge >= 0.3 is 5.97 Å². The molecule has 0 aliphatic rings. The Bertz CT molecular complexity index is 576. The number of aromatic nitrogens is 3. The third-order valence-electron chi connectivity index (χ3n) is 2.41. The van der Waals surface area contributed by atoms with Crippen LogP contribution in [-0.2, 0) is 11.2 Å². The zero-order valence-electron chi connectivity index (χ0n) is 9.27. The van der Waals surface area contributed by atoms with Crippen molar-refractivity contribution in [3.8, 4) is 5.13 Å². The lowest BCUT2D eigenvalue weighted by atomic mass is 10.1. The Morgan fingerprint density at radius 3 is 2.82 bits per heavy atom. The van der Waals surface area contributed by atoms with E-state index in [4.69, 9.17) is 5.11 Å². The van der Waals surface area contributed by atoms with Crippen LogP contribution in [0, 0.1) is 13.8 Å². The molecule has 0 saturated heterocycles. The summed E-state index contributed by atoms with van der Waals surface area (Å²) in [5.41, 5.74) is 2.31. The minimum atomic E-state index is -0.851. The van der Waals surface area contributed by atoms with Crippen molar-refractivity contribution in [2.24, 2.45) is 0 Å². The first-order valence-electron chi connectivity index (χ1n) is 4.87. The number of carbonyl (C=O) groups is 1. The third-order valence-corrected chi connectivity index (χ3v) is 3.94. The molecule has 0 unspecified atom stereocenters. The van der Waals surface area contributed by atoms with Crippen LogP contribution in [0.3, 0.4) is 0 Å². The standard InChI is InChI=1S/C10H10BrN3O2S/c1-5-7(3-9(15)16)6(2)14(13-5)10-12-8(11)4-17-10/h4H,3H2,1-2H3,(H,15,16). The maximum absolute atomic E-state index is 10.8. The summed E-state index contributed by atoms with van der Waals surface area (Å²) >= 11 is 4.74. The fourth-order valence-electron chi connectivity index (χ4n) is 1.61. The van der Waals surface area contributed by atoms with Crippen LogP contribution in [0.25, 0.3) is 5.13 Å². The molecule has 1 N–H and O–H groups in total. The summed E-state index contributed by atoms with van der Waals surface area (Å²) in [6, 6.07) is 0. The van der Waals surface area contributed by atoms with E-state index in [-0.39, 0.29) is 6.42 Å². The highest BCUT2D eigenvalue weighted by atomic mass is 79.9. The van der Waals surface area contributed by atoms with E-state index >= 15 is 0 Å². The Morgan fingerprint density at radius 2 is 2.29 bits per heavy atom. The average molecular weight is 316 g/mol. The summed E-state index contributed by atoms with van der Waals surface area (Å²) in [6.07, 6.45) is -0.00971. The van der Waals surface area contributed by atoms with Gasteiger partial charge in [0.2, 0.25) is 5.13 Å². The number of thiazole rings is 1. The topological polar surface area (TPSA) is 68.0 Å². The molecule has 0 fully saturated rings. The van der Waals surface area contributed by atoms with Gasteiger partial charge in [-0.3, -0.25) is 4.79 Å². The summed E-state index contributed by atoms with van der Waals surface area (Å²) < 4.78 is 2.44. The van der Waals surface area contributed by atoms with Crippen molar-refractivity contribution in [1.82, 2.24) is 14.8 Å². The lowest BCUT2D eigenvalue weighted by Gasteiger charge is -1.99. The van der Waals surface area contributed by atoms with Gasteiger partial charge in [0, 0.05) is 16.6 Å². The summed E-state index contributed by atoms with van der Waals surface area (Å²) in [5, 5.41) is 15.8. The van der Waals surface area contributed by atoms with Crippen molar-refractivity contribution in [1.29, 1.82) is 0 Å². The van der Waals surface area contributed by atoms with Crippen molar-refractivity contribution in [3.05, 3.63) is 26.9 Å². The molecule has 0 saturated carbocycles. The molecule has 0 atom stereocenters. The van der Waals surface area contributed by atoms with Crippen LogP contribution < -0.4 is 0 Å². The molecule has 0 amide bonds. The number of rotatable bonds is 3. The van der Waals surface area contributed by atoms with E-state index in [0.29, 0.717) is 0 Å². The summed E-state index contributed by atoms with van der Waals surface area (Å²) in [4.78, 5) is 15.0. The van der Waals surface area contributed by atoms with E-state index in [9.17, 15) is 4.79 Å². The van der Waals surface area contributed by atoms with E-state index in [0.717, 1.165) is 26.7 Å². The van der Waals surface area contributed by atoms with Crippen molar-refractivity contribution in [2.45, 2.75) is 20.3 Å². The number of carboxylic acid groups (broad SMARTS) is 1. The van der Waals surface area contributed by atoms with E-state index in [1.165, 1.54) is 11.3 Å². The normalized spacial score (nSPS) is 10.8. The first-order valence-corrected chi connectivity index (χ1v) is 6.54. The van der Waals surface area contributed by atoms with Crippen LogP contribution in [0.1, 0.15) is 17.0 Å². The largest absolute Gasteiger partial charge is 0.481 e. The van der Waals surface area contributed by atoms with Crippen molar-refractivity contribution < 1.29 is 9.90 Å². The molecule has 17 heavy (non-hydrogen) atoms. The summed E-state index contributed by atoms with van der Waals surface area (Å²) in [6.45, 7) is 3.66.